The molecule has 2 fully saturated rings. The van der Waals surface area contributed by atoms with Crippen LogP contribution in [0.1, 0.15) is 18.4 Å². The minimum atomic E-state index is 0.788. The molecule has 0 atom stereocenters. The van der Waals surface area contributed by atoms with Crippen molar-refractivity contribution >= 4 is 5.69 Å². The van der Waals surface area contributed by atoms with Crippen LogP contribution in [0.25, 0.3) is 0 Å². The van der Waals surface area contributed by atoms with Crippen molar-refractivity contribution in [1.29, 1.82) is 0 Å². The van der Waals surface area contributed by atoms with Gasteiger partial charge in [0, 0.05) is 12.8 Å². The Morgan fingerprint density at radius 3 is 2.23 bits per heavy atom. The summed E-state index contributed by atoms with van der Waals surface area (Å²) < 4.78 is 16.6. The highest BCUT2D eigenvalue weighted by molar-refractivity contribution is 5.58. The van der Waals surface area contributed by atoms with Gasteiger partial charge in [-0.1, -0.05) is 12.1 Å². The Labute approximate surface area is 186 Å². The van der Waals surface area contributed by atoms with Crippen LogP contribution < -0.4 is 28.9 Å². The topological polar surface area (TPSA) is 39.8 Å². The Morgan fingerprint density at radius 2 is 1.55 bits per heavy atom. The second-order valence-electron chi connectivity index (χ2n) is 8.70. The summed E-state index contributed by atoms with van der Waals surface area (Å²) >= 11 is 0. The molecular weight excluding hydrogens is 390 g/mol. The summed E-state index contributed by atoms with van der Waals surface area (Å²) in [6.07, 6.45) is 2.59. The summed E-state index contributed by atoms with van der Waals surface area (Å²) in [7, 11) is 5.23. The van der Waals surface area contributed by atoms with E-state index in [1.54, 1.807) is 31.1 Å². The molecule has 2 heterocycles. The second kappa shape index (κ2) is 10.2. The predicted molar refractivity (Wildman–Crippen MR) is 123 cm³/mol. The fraction of sp³-hybridized carbons (Fsp3) is 0.520. The van der Waals surface area contributed by atoms with Crippen LogP contribution in [0.15, 0.2) is 42.5 Å². The van der Waals surface area contributed by atoms with Gasteiger partial charge in [0.25, 0.3) is 0 Å². The zero-order valence-corrected chi connectivity index (χ0v) is 19.2. The number of quaternary nitrogens is 2. The molecule has 4 rings (SSSR count). The third-order valence-corrected chi connectivity index (χ3v) is 7.03. The maximum Gasteiger partial charge on any atom is 0.142 e. The maximum atomic E-state index is 5.58. The van der Waals surface area contributed by atoms with Gasteiger partial charge in [-0.05, 0) is 30.3 Å². The Morgan fingerprint density at radius 1 is 0.839 bits per heavy atom. The van der Waals surface area contributed by atoms with Gasteiger partial charge in [0.2, 0.25) is 0 Å². The van der Waals surface area contributed by atoms with Crippen LogP contribution in [0, 0.1) is 0 Å². The molecule has 0 aliphatic carbocycles. The molecule has 2 aromatic carbocycles. The summed E-state index contributed by atoms with van der Waals surface area (Å²) in [4.78, 5) is 5.91. The van der Waals surface area contributed by atoms with E-state index in [0.29, 0.717) is 0 Å². The number of hydrogen-bond acceptors (Lipinski definition) is 4. The number of likely N-dealkylation sites (tertiary alicyclic amines) is 1. The number of hydrogen-bond donors (Lipinski definition) is 2. The number of nitrogens with zero attached hydrogens (tertiary/aromatic N) is 1. The molecule has 2 aliphatic heterocycles. The molecule has 168 valence electrons. The Balaban J connectivity index is 1.28. The van der Waals surface area contributed by atoms with Crippen molar-refractivity contribution in [1.82, 2.24) is 0 Å². The SMILES string of the molecule is COc1ccc(OC)c(C[NH+]2CCC([NH+]3CCN(c4ccccc4OC)CC3)CC2)c1. The van der Waals surface area contributed by atoms with Crippen LogP contribution in [0.5, 0.6) is 17.2 Å². The number of methoxy groups -OCH3 is 3. The summed E-state index contributed by atoms with van der Waals surface area (Å²) in [5.41, 5.74) is 2.48. The lowest BCUT2D eigenvalue weighted by molar-refractivity contribution is -0.963. The minimum Gasteiger partial charge on any atom is -0.497 e. The first-order valence-electron chi connectivity index (χ1n) is 11.5. The quantitative estimate of drug-likeness (QED) is 0.681. The number of rotatable bonds is 7. The molecule has 0 spiro atoms. The molecule has 2 aliphatic rings. The molecule has 0 unspecified atom stereocenters. The zero-order valence-electron chi connectivity index (χ0n) is 19.2. The molecule has 6 heteroatoms. The largest absolute Gasteiger partial charge is 0.497 e. The predicted octanol–water partition coefficient (Wildman–Crippen LogP) is 0.665. The lowest BCUT2D eigenvalue weighted by atomic mass is 10.0. The van der Waals surface area contributed by atoms with Crippen LogP contribution in [0.2, 0.25) is 0 Å². The molecule has 0 amide bonds. The highest BCUT2D eigenvalue weighted by Crippen LogP contribution is 2.27. The lowest BCUT2D eigenvalue weighted by Gasteiger charge is -2.40. The lowest BCUT2D eigenvalue weighted by Crippen LogP contribution is -3.21. The van der Waals surface area contributed by atoms with Crippen molar-refractivity contribution in [2.45, 2.75) is 25.4 Å². The van der Waals surface area contributed by atoms with Gasteiger partial charge in [-0.25, -0.2) is 0 Å². The van der Waals surface area contributed by atoms with E-state index in [1.165, 1.54) is 50.3 Å². The van der Waals surface area contributed by atoms with Crippen LogP contribution >= 0.6 is 0 Å². The summed E-state index contributed by atoms with van der Waals surface area (Å²) in [5, 5.41) is 0. The molecule has 0 saturated carbocycles. The van der Waals surface area contributed by atoms with Crippen molar-refractivity contribution in [3.8, 4) is 17.2 Å². The first-order chi connectivity index (χ1) is 15.2. The van der Waals surface area contributed by atoms with E-state index >= 15 is 0 Å². The Bertz CT molecular complexity index is 844. The van der Waals surface area contributed by atoms with Crippen LogP contribution in [0.4, 0.5) is 5.69 Å². The van der Waals surface area contributed by atoms with E-state index in [-0.39, 0.29) is 0 Å². The highest BCUT2D eigenvalue weighted by Gasteiger charge is 2.33. The Hall–Kier alpha value is -2.44. The van der Waals surface area contributed by atoms with E-state index in [9.17, 15) is 0 Å². The normalized spacial score (nSPS) is 22.2. The van der Waals surface area contributed by atoms with Gasteiger partial charge >= 0.3 is 0 Å². The molecule has 0 radical (unpaired) electrons. The molecule has 2 N–H and O–H groups in total. The van der Waals surface area contributed by atoms with Gasteiger partial charge in [-0.3, -0.25) is 0 Å². The van der Waals surface area contributed by atoms with Gasteiger partial charge in [0.15, 0.2) is 0 Å². The number of benzene rings is 2. The van der Waals surface area contributed by atoms with E-state index in [4.69, 9.17) is 14.2 Å². The average Bonchev–Trinajstić information content (AvgIpc) is 2.84. The number of para-hydroxylation sites is 2. The van der Waals surface area contributed by atoms with Crippen molar-refractivity contribution in [2.24, 2.45) is 0 Å². The third-order valence-electron chi connectivity index (χ3n) is 7.03. The molecule has 0 bridgehead atoms. The average molecular weight is 428 g/mol. The zero-order chi connectivity index (χ0) is 21.6. The highest BCUT2D eigenvalue weighted by atomic mass is 16.5. The van der Waals surface area contributed by atoms with Crippen molar-refractivity contribution in [3.05, 3.63) is 48.0 Å². The van der Waals surface area contributed by atoms with E-state index in [1.807, 2.05) is 18.2 Å². The molecule has 6 nitrogen and oxygen atoms in total. The fourth-order valence-electron chi connectivity index (χ4n) is 5.23. The fourth-order valence-corrected chi connectivity index (χ4v) is 5.23. The summed E-state index contributed by atoms with van der Waals surface area (Å²) in [6, 6.07) is 15.3. The van der Waals surface area contributed by atoms with Gasteiger partial charge in [-0.15, -0.1) is 0 Å². The van der Waals surface area contributed by atoms with Gasteiger partial charge in [0.1, 0.15) is 23.8 Å². The van der Waals surface area contributed by atoms with E-state index < -0.39 is 0 Å². The first kappa shape index (κ1) is 21.8. The maximum absolute atomic E-state index is 5.58. The van der Waals surface area contributed by atoms with Gasteiger partial charge in [-0.2, -0.15) is 0 Å². The van der Waals surface area contributed by atoms with Gasteiger partial charge < -0.3 is 28.9 Å². The van der Waals surface area contributed by atoms with Gasteiger partial charge in [0.05, 0.1) is 77.9 Å². The Kier molecular flexibility index (Phi) is 7.20. The molecule has 2 aromatic rings. The number of piperazine rings is 1. The standard InChI is InChI=1S/C25H35N3O3/c1-29-22-8-9-24(30-2)20(18-22)19-26-12-10-21(11-13-26)27-14-16-28(17-15-27)23-6-4-5-7-25(23)31-3/h4-9,18,21H,10-17,19H2,1-3H3/p+2. The van der Waals surface area contributed by atoms with E-state index in [0.717, 1.165) is 42.9 Å². The molecule has 31 heavy (non-hydrogen) atoms. The smallest absolute Gasteiger partial charge is 0.142 e. The number of anilines is 1. The molecule has 0 aromatic heterocycles. The summed E-state index contributed by atoms with van der Waals surface area (Å²) in [6.45, 7) is 8.08. The summed E-state index contributed by atoms with van der Waals surface area (Å²) in [5.74, 6) is 2.85. The number of ether oxygens (including phenoxy) is 3. The third kappa shape index (κ3) is 5.08. The van der Waals surface area contributed by atoms with Crippen LogP contribution in [-0.2, 0) is 6.54 Å². The number of nitrogens with one attached hydrogen (secondary N) is 2. The second-order valence-corrected chi connectivity index (χ2v) is 8.70. The molecular formula is C25H37N3O3+2. The van der Waals surface area contributed by atoms with Crippen molar-refractivity contribution in [3.63, 3.8) is 0 Å². The van der Waals surface area contributed by atoms with E-state index in [2.05, 4.69) is 29.2 Å². The van der Waals surface area contributed by atoms with Crippen LogP contribution in [-0.4, -0.2) is 66.6 Å². The van der Waals surface area contributed by atoms with Crippen molar-refractivity contribution in [2.75, 3.05) is 65.5 Å². The van der Waals surface area contributed by atoms with Crippen LogP contribution in [0.3, 0.4) is 0 Å². The number of piperidine rings is 1. The minimum absolute atomic E-state index is 0.788. The monoisotopic (exact) mass is 427 g/mol. The van der Waals surface area contributed by atoms with Crippen molar-refractivity contribution < 1.29 is 24.0 Å². The molecule has 2 saturated heterocycles. The first-order valence-corrected chi connectivity index (χ1v) is 11.5.